The van der Waals surface area contributed by atoms with Crippen molar-refractivity contribution in [2.24, 2.45) is 0 Å². The lowest BCUT2D eigenvalue weighted by molar-refractivity contribution is 0.0990. The van der Waals surface area contributed by atoms with Crippen molar-refractivity contribution in [3.8, 4) is 5.75 Å². The summed E-state index contributed by atoms with van der Waals surface area (Å²) in [5.74, 6) is 0.674. The van der Waals surface area contributed by atoms with E-state index in [4.69, 9.17) is 4.74 Å². The van der Waals surface area contributed by atoms with Gasteiger partial charge in [0, 0.05) is 10.9 Å². The third-order valence-corrected chi connectivity index (χ3v) is 3.60. The van der Waals surface area contributed by atoms with Crippen LogP contribution in [0.4, 0.5) is 0 Å². The van der Waals surface area contributed by atoms with E-state index in [0.29, 0.717) is 17.7 Å². The van der Waals surface area contributed by atoms with Crippen LogP contribution in [0.25, 0.3) is 0 Å². The van der Waals surface area contributed by atoms with Crippen LogP contribution in [-0.4, -0.2) is 12.9 Å². The number of methoxy groups -OCH3 is 1. The zero-order chi connectivity index (χ0) is 14.7. The quantitative estimate of drug-likeness (QED) is 0.770. The summed E-state index contributed by atoms with van der Waals surface area (Å²) < 4.78 is 6.18. The molecule has 0 heterocycles. The molecule has 0 atom stereocenters. The summed E-state index contributed by atoms with van der Waals surface area (Å²) in [5.41, 5.74) is 4.01. The largest absolute Gasteiger partial charge is 0.496 e. The van der Waals surface area contributed by atoms with Crippen molar-refractivity contribution in [2.75, 3.05) is 7.11 Å². The third kappa shape index (κ3) is 3.48. The highest BCUT2D eigenvalue weighted by Gasteiger charge is 2.13. The summed E-state index contributed by atoms with van der Waals surface area (Å²) in [6.45, 7) is 4.09. The topological polar surface area (TPSA) is 26.3 Å². The van der Waals surface area contributed by atoms with Gasteiger partial charge in [-0.2, -0.15) is 0 Å². The number of Topliss-reactive ketones (excluding diaryl/α,β-unsaturated/α-hetero) is 1. The first-order valence-electron chi connectivity index (χ1n) is 6.43. The van der Waals surface area contributed by atoms with Gasteiger partial charge >= 0.3 is 0 Å². The fourth-order valence-corrected chi connectivity index (χ4v) is 2.69. The van der Waals surface area contributed by atoms with Crippen LogP contribution in [0.5, 0.6) is 5.75 Å². The lowest BCUT2D eigenvalue weighted by atomic mass is 9.99. The number of hydrogen-bond donors (Lipinski definition) is 0. The van der Waals surface area contributed by atoms with Crippen LogP contribution in [0, 0.1) is 13.8 Å². The number of carbonyl (C=O) groups excluding carboxylic acids is 1. The third-order valence-electron chi connectivity index (χ3n) is 3.11. The predicted molar refractivity (Wildman–Crippen MR) is 84.6 cm³/mol. The van der Waals surface area contributed by atoms with Crippen LogP contribution in [0.3, 0.4) is 0 Å². The van der Waals surface area contributed by atoms with Gasteiger partial charge in [0.1, 0.15) is 5.75 Å². The summed E-state index contributed by atoms with van der Waals surface area (Å²) in [4.78, 5) is 12.4. The second-order valence-electron chi connectivity index (χ2n) is 4.94. The maximum atomic E-state index is 12.4. The molecule has 2 rings (SSSR count). The van der Waals surface area contributed by atoms with Gasteiger partial charge in [-0.25, -0.2) is 0 Å². The van der Waals surface area contributed by atoms with E-state index in [-0.39, 0.29) is 5.78 Å². The zero-order valence-corrected chi connectivity index (χ0v) is 13.5. The van der Waals surface area contributed by atoms with Crippen molar-refractivity contribution >= 4 is 21.7 Å². The number of carbonyl (C=O) groups is 1. The van der Waals surface area contributed by atoms with E-state index in [9.17, 15) is 4.79 Å². The highest BCUT2D eigenvalue weighted by atomic mass is 79.9. The molecule has 0 fully saturated rings. The lowest BCUT2D eigenvalue weighted by Crippen LogP contribution is -2.06. The molecule has 104 valence electrons. The van der Waals surface area contributed by atoms with Gasteiger partial charge in [-0.3, -0.25) is 4.79 Å². The molecular weight excluding hydrogens is 316 g/mol. The van der Waals surface area contributed by atoms with Gasteiger partial charge in [-0.1, -0.05) is 45.3 Å². The summed E-state index contributed by atoms with van der Waals surface area (Å²) >= 11 is 3.38. The molecule has 3 heteroatoms. The normalized spacial score (nSPS) is 10.4. The first-order chi connectivity index (χ1) is 9.49. The number of benzene rings is 2. The molecule has 0 bridgehead atoms. The van der Waals surface area contributed by atoms with E-state index in [1.54, 1.807) is 13.2 Å². The summed E-state index contributed by atoms with van der Waals surface area (Å²) in [7, 11) is 1.58. The number of aryl methyl sites for hydroxylation is 2. The minimum Gasteiger partial charge on any atom is -0.496 e. The van der Waals surface area contributed by atoms with Crippen LogP contribution in [-0.2, 0) is 6.42 Å². The number of ketones is 1. The van der Waals surface area contributed by atoms with Crippen LogP contribution >= 0.6 is 15.9 Å². The molecule has 0 N–H and O–H groups in total. The molecule has 0 amide bonds. The molecule has 0 spiro atoms. The van der Waals surface area contributed by atoms with Crippen molar-refractivity contribution in [1.29, 1.82) is 0 Å². The highest BCUT2D eigenvalue weighted by molar-refractivity contribution is 9.10. The molecule has 0 aliphatic rings. The second-order valence-corrected chi connectivity index (χ2v) is 5.86. The molecule has 2 aromatic carbocycles. The van der Waals surface area contributed by atoms with E-state index < -0.39 is 0 Å². The molecule has 0 unspecified atom stereocenters. The minimum absolute atomic E-state index is 0.0688. The Labute approximate surface area is 127 Å². The van der Waals surface area contributed by atoms with Gasteiger partial charge in [-0.15, -0.1) is 0 Å². The summed E-state index contributed by atoms with van der Waals surface area (Å²) in [6.07, 6.45) is 0.389. The van der Waals surface area contributed by atoms with E-state index in [2.05, 4.69) is 34.1 Å². The van der Waals surface area contributed by atoms with Gasteiger partial charge in [-0.05, 0) is 37.6 Å². The monoisotopic (exact) mass is 332 g/mol. The Morgan fingerprint density at radius 2 is 1.75 bits per heavy atom. The van der Waals surface area contributed by atoms with Crippen LogP contribution < -0.4 is 4.74 Å². The Morgan fingerprint density at radius 3 is 2.35 bits per heavy atom. The van der Waals surface area contributed by atoms with Crippen LogP contribution in [0.1, 0.15) is 27.0 Å². The second kappa shape index (κ2) is 6.23. The fraction of sp³-hybridized carbons (Fsp3) is 0.235. The molecule has 0 radical (unpaired) electrons. The molecule has 0 saturated heterocycles. The molecule has 0 aliphatic carbocycles. The van der Waals surface area contributed by atoms with Gasteiger partial charge < -0.3 is 4.74 Å². The van der Waals surface area contributed by atoms with Crippen molar-refractivity contribution < 1.29 is 9.53 Å². The number of halogens is 1. The molecule has 2 nitrogen and oxygen atoms in total. The Bertz CT molecular complexity index is 627. The van der Waals surface area contributed by atoms with Crippen LogP contribution in [0.15, 0.2) is 40.9 Å². The van der Waals surface area contributed by atoms with Crippen LogP contribution in [0.2, 0.25) is 0 Å². The predicted octanol–water partition coefficient (Wildman–Crippen LogP) is 4.50. The van der Waals surface area contributed by atoms with Crippen molar-refractivity contribution in [3.05, 3.63) is 63.1 Å². The maximum absolute atomic E-state index is 12.4. The summed E-state index contributed by atoms with van der Waals surface area (Å²) in [6, 6.07) is 11.7. The van der Waals surface area contributed by atoms with E-state index in [0.717, 1.165) is 10.0 Å². The highest BCUT2D eigenvalue weighted by Crippen LogP contribution is 2.25. The minimum atomic E-state index is 0.0688. The van der Waals surface area contributed by atoms with Gasteiger partial charge in [0.25, 0.3) is 0 Å². The van der Waals surface area contributed by atoms with E-state index >= 15 is 0 Å². The molecule has 0 aliphatic heterocycles. The maximum Gasteiger partial charge on any atom is 0.170 e. The average Bonchev–Trinajstić information content (AvgIpc) is 2.37. The van der Waals surface area contributed by atoms with Crippen molar-refractivity contribution in [3.63, 3.8) is 0 Å². The number of ether oxygens (including phenoxy) is 1. The van der Waals surface area contributed by atoms with E-state index in [1.807, 2.05) is 26.0 Å². The Hall–Kier alpha value is -1.61. The SMILES string of the molecule is COc1cc(Br)ccc1C(=O)Cc1cc(C)cc(C)c1. The number of hydrogen-bond acceptors (Lipinski definition) is 2. The Kier molecular flexibility index (Phi) is 4.61. The first-order valence-corrected chi connectivity index (χ1v) is 7.23. The van der Waals surface area contributed by atoms with Crippen molar-refractivity contribution in [2.45, 2.75) is 20.3 Å². The smallest absolute Gasteiger partial charge is 0.170 e. The average molecular weight is 333 g/mol. The van der Waals surface area contributed by atoms with Crippen molar-refractivity contribution in [1.82, 2.24) is 0 Å². The summed E-state index contributed by atoms with van der Waals surface area (Å²) in [5, 5.41) is 0. The molecule has 2 aromatic rings. The number of rotatable bonds is 4. The standard InChI is InChI=1S/C17H17BrO2/c1-11-6-12(2)8-13(7-11)9-16(19)15-5-4-14(18)10-17(15)20-3/h4-8,10H,9H2,1-3H3. The molecular formula is C17H17BrO2. The molecule has 20 heavy (non-hydrogen) atoms. The first kappa shape index (κ1) is 14.8. The van der Waals surface area contributed by atoms with Gasteiger partial charge in [0.15, 0.2) is 5.78 Å². The van der Waals surface area contributed by atoms with Gasteiger partial charge in [0.05, 0.1) is 12.7 Å². The zero-order valence-electron chi connectivity index (χ0n) is 11.9. The molecule has 0 saturated carbocycles. The molecule has 0 aromatic heterocycles. The Morgan fingerprint density at radius 1 is 1.10 bits per heavy atom. The fourth-order valence-electron chi connectivity index (χ4n) is 2.35. The lowest BCUT2D eigenvalue weighted by Gasteiger charge is -2.09. The van der Waals surface area contributed by atoms with Gasteiger partial charge in [0.2, 0.25) is 0 Å². The Balaban J connectivity index is 2.28. The van der Waals surface area contributed by atoms with E-state index in [1.165, 1.54) is 11.1 Å².